The predicted octanol–water partition coefficient (Wildman–Crippen LogP) is 1.35. The van der Waals surface area contributed by atoms with E-state index in [1.54, 1.807) is 28.8 Å². The molecule has 8 heteroatoms. The molecule has 2 aliphatic rings. The number of carbonyl (C=O) groups excluding carboxylic acids is 2. The first-order valence-corrected chi connectivity index (χ1v) is 9.14. The molecule has 0 aromatic carbocycles. The van der Waals surface area contributed by atoms with E-state index in [-0.39, 0.29) is 17.9 Å². The van der Waals surface area contributed by atoms with Crippen LogP contribution in [0.25, 0.3) is 0 Å². The quantitative estimate of drug-likeness (QED) is 0.879. The molecule has 0 bridgehead atoms. The molecule has 2 aliphatic heterocycles. The van der Waals surface area contributed by atoms with Crippen LogP contribution in [0.3, 0.4) is 0 Å². The Morgan fingerprint density at radius 1 is 1.19 bits per heavy atom. The molecule has 1 aromatic heterocycles. The molecule has 5 nitrogen and oxygen atoms in total. The minimum absolute atomic E-state index is 0.00791. The summed E-state index contributed by atoms with van der Waals surface area (Å²) in [6.45, 7) is 2.37. The van der Waals surface area contributed by atoms with Crippen LogP contribution in [0.2, 0.25) is 4.34 Å². The lowest BCUT2D eigenvalue weighted by Crippen LogP contribution is -2.54. The van der Waals surface area contributed by atoms with Crippen LogP contribution in [0.15, 0.2) is 12.1 Å². The van der Waals surface area contributed by atoms with Crippen molar-refractivity contribution in [1.29, 1.82) is 0 Å². The summed E-state index contributed by atoms with van der Waals surface area (Å²) in [6.07, 6.45) is 0. The Labute approximate surface area is 136 Å². The summed E-state index contributed by atoms with van der Waals surface area (Å²) in [5.41, 5.74) is 0. The lowest BCUT2D eigenvalue weighted by molar-refractivity contribution is -0.134. The third-order valence-electron chi connectivity index (χ3n) is 3.68. The number of piperazine rings is 1. The fourth-order valence-corrected chi connectivity index (χ4v) is 4.43. The van der Waals surface area contributed by atoms with E-state index in [1.807, 2.05) is 4.90 Å². The van der Waals surface area contributed by atoms with Crippen molar-refractivity contribution in [3.05, 3.63) is 21.3 Å². The standard InChI is InChI=1S/C13H16ClN3O2S2/c14-11-2-1-10(21-11)13(19)17-5-3-16(4-6-17)12(18)9-7-20-8-15-9/h1-2,9,15H,3-8H2. The molecule has 0 spiro atoms. The summed E-state index contributed by atoms with van der Waals surface area (Å²) in [5.74, 6) is 1.85. The van der Waals surface area contributed by atoms with Crippen LogP contribution in [0.5, 0.6) is 0 Å². The molecule has 2 fully saturated rings. The minimum atomic E-state index is -0.0617. The minimum Gasteiger partial charge on any atom is -0.338 e. The van der Waals surface area contributed by atoms with Crippen molar-refractivity contribution in [3.63, 3.8) is 0 Å². The van der Waals surface area contributed by atoms with Crippen molar-refractivity contribution in [2.24, 2.45) is 0 Å². The maximum Gasteiger partial charge on any atom is 0.264 e. The molecule has 1 aromatic rings. The summed E-state index contributed by atoms with van der Waals surface area (Å²) in [6, 6.07) is 3.43. The van der Waals surface area contributed by atoms with Crippen molar-refractivity contribution >= 4 is 46.5 Å². The highest BCUT2D eigenvalue weighted by atomic mass is 35.5. The maximum absolute atomic E-state index is 12.3. The zero-order valence-electron chi connectivity index (χ0n) is 11.4. The summed E-state index contributed by atoms with van der Waals surface area (Å²) in [7, 11) is 0. The fraction of sp³-hybridized carbons (Fsp3) is 0.538. The number of hydrogen-bond donors (Lipinski definition) is 1. The van der Waals surface area contributed by atoms with Crippen molar-refractivity contribution < 1.29 is 9.59 Å². The van der Waals surface area contributed by atoms with Gasteiger partial charge in [0, 0.05) is 37.8 Å². The van der Waals surface area contributed by atoms with E-state index in [9.17, 15) is 9.59 Å². The Morgan fingerprint density at radius 3 is 2.48 bits per heavy atom. The van der Waals surface area contributed by atoms with Gasteiger partial charge in [-0.05, 0) is 12.1 Å². The monoisotopic (exact) mass is 345 g/mol. The number of thiophene rings is 1. The second-order valence-corrected chi connectivity index (χ2v) is 7.74. The molecule has 2 saturated heterocycles. The summed E-state index contributed by atoms with van der Waals surface area (Å²) in [5, 5.41) is 3.19. The molecule has 1 N–H and O–H groups in total. The summed E-state index contributed by atoms with van der Waals surface area (Å²) >= 11 is 8.91. The van der Waals surface area contributed by atoms with Gasteiger partial charge in [-0.25, -0.2) is 0 Å². The zero-order valence-corrected chi connectivity index (χ0v) is 13.8. The van der Waals surface area contributed by atoms with Gasteiger partial charge in [-0.1, -0.05) is 11.6 Å². The average Bonchev–Trinajstić information content (AvgIpc) is 3.17. The van der Waals surface area contributed by atoms with Gasteiger partial charge < -0.3 is 9.80 Å². The molecule has 0 radical (unpaired) electrons. The van der Waals surface area contributed by atoms with Crippen LogP contribution in [0.4, 0.5) is 0 Å². The molecule has 1 atom stereocenters. The van der Waals surface area contributed by atoms with Gasteiger partial charge in [0.15, 0.2) is 0 Å². The van der Waals surface area contributed by atoms with E-state index < -0.39 is 0 Å². The normalized spacial score (nSPS) is 22.6. The first-order chi connectivity index (χ1) is 10.1. The van der Waals surface area contributed by atoms with Crippen LogP contribution in [-0.2, 0) is 4.79 Å². The Kier molecular flexibility index (Phi) is 4.73. The largest absolute Gasteiger partial charge is 0.338 e. The van der Waals surface area contributed by atoms with Crippen LogP contribution in [-0.4, -0.2) is 65.5 Å². The Bertz CT molecular complexity index is 537. The van der Waals surface area contributed by atoms with Gasteiger partial charge in [0.2, 0.25) is 5.91 Å². The van der Waals surface area contributed by atoms with Crippen molar-refractivity contribution in [3.8, 4) is 0 Å². The number of carbonyl (C=O) groups is 2. The SMILES string of the molecule is O=C(c1ccc(Cl)s1)N1CCN(C(=O)C2CSCN2)CC1. The Balaban J connectivity index is 1.55. The second kappa shape index (κ2) is 6.56. The van der Waals surface area contributed by atoms with Gasteiger partial charge in [0.1, 0.15) is 0 Å². The van der Waals surface area contributed by atoms with Crippen LogP contribution >= 0.6 is 34.7 Å². The smallest absolute Gasteiger partial charge is 0.264 e. The van der Waals surface area contributed by atoms with E-state index in [2.05, 4.69) is 5.32 Å². The molecule has 2 amide bonds. The van der Waals surface area contributed by atoms with E-state index in [1.165, 1.54) is 11.3 Å². The number of hydrogen-bond acceptors (Lipinski definition) is 5. The number of nitrogens with one attached hydrogen (secondary N) is 1. The third-order valence-corrected chi connectivity index (χ3v) is 5.84. The van der Waals surface area contributed by atoms with Gasteiger partial charge >= 0.3 is 0 Å². The summed E-state index contributed by atoms with van der Waals surface area (Å²) < 4.78 is 0.622. The molecular weight excluding hydrogens is 330 g/mol. The first-order valence-electron chi connectivity index (χ1n) is 6.79. The van der Waals surface area contributed by atoms with Crippen molar-refractivity contribution in [2.45, 2.75) is 6.04 Å². The molecule has 0 aliphatic carbocycles. The van der Waals surface area contributed by atoms with Gasteiger partial charge in [-0.3, -0.25) is 14.9 Å². The topological polar surface area (TPSA) is 52.7 Å². The Hall–Kier alpha value is -0.760. The molecule has 21 heavy (non-hydrogen) atoms. The van der Waals surface area contributed by atoms with E-state index in [4.69, 9.17) is 11.6 Å². The number of thioether (sulfide) groups is 1. The third kappa shape index (κ3) is 3.36. The molecule has 0 saturated carbocycles. The molecule has 114 valence electrons. The fourth-order valence-electron chi connectivity index (χ4n) is 2.49. The van der Waals surface area contributed by atoms with E-state index >= 15 is 0 Å². The lowest BCUT2D eigenvalue weighted by atomic mass is 10.2. The van der Waals surface area contributed by atoms with Crippen LogP contribution < -0.4 is 5.32 Å². The number of amides is 2. The highest BCUT2D eigenvalue weighted by Gasteiger charge is 2.31. The number of halogens is 1. The van der Waals surface area contributed by atoms with Gasteiger partial charge in [0.05, 0.1) is 15.3 Å². The van der Waals surface area contributed by atoms with Gasteiger partial charge in [-0.2, -0.15) is 0 Å². The molecule has 3 heterocycles. The zero-order chi connectivity index (χ0) is 14.8. The van der Waals surface area contributed by atoms with Crippen molar-refractivity contribution in [2.75, 3.05) is 37.8 Å². The highest BCUT2D eigenvalue weighted by Crippen LogP contribution is 2.23. The van der Waals surface area contributed by atoms with Crippen molar-refractivity contribution in [1.82, 2.24) is 15.1 Å². The van der Waals surface area contributed by atoms with Gasteiger partial charge in [0.25, 0.3) is 5.91 Å². The first kappa shape index (κ1) is 15.1. The summed E-state index contributed by atoms with van der Waals surface area (Å²) in [4.78, 5) is 28.9. The Morgan fingerprint density at radius 2 is 1.90 bits per heavy atom. The molecule has 1 unspecified atom stereocenters. The number of rotatable bonds is 2. The van der Waals surface area contributed by atoms with Crippen LogP contribution in [0.1, 0.15) is 9.67 Å². The second-order valence-electron chi connectivity index (χ2n) is 4.99. The number of nitrogens with zero attached hydrogens (tertiary/aromatic N) is 2. The van der Waals surface area contributed by atoms with E-state index in [0.29, 0.717) is 35.4 Å². The van der Waals surface area contributed by atoms with E-state index in [0.717, 1.165) is 11.6 Å². The average molecular weight is 346 g/mol. The lowest BCUT2D eigenvalue weighted by Gasteiger charge is -2.35. The molecule has 3 rings (SSSR count). The predicted molar refractivity (Wildman–Crippen MR) is 86.1 cm³/mol. The van der Waals surface area contributed by atoms with Gasteiger partial charge in [-0.15, -0.1) is 23.1 Å². The maximum atomic E-state index is 12.3. The highest BCUT2D eigenvalue weighted by molar-refractivity contribution is 7.99. The molecular formula is C13H16ClN3O2S2. The van der Waals surface area contributed by atoms with Crippen LogP contribution in [0, 0.1) is 0 Å².